The molecular formula is C26H28Cl2F3NO4. The molecule has 0 saturated carbocycles. The summed E-state index contributed by atoms with van der Waals surface area (Å²) in [4.78, 5) is 26.8. The molecule has 1 fully saturated rings. The topological polar surface area (TPSA) is 77.8 Å². The molecule has 196 valence electrons. The second-order valence-corrected chi connectivity index (χ2v) is 10.6. The molecule has 5 atom stereocenters. The highest BCUT2D eigenvalue weighted by molar-refractivity contribution is 6.30. The number of carbonyl (C=O) groups is 2. The predicted octanol–water partition coefficient (Wildman–Crippen LogP) is 6.62. The summed E-state index contributed by atoms with van der Waals surface area (Å²) in [6.45, 7) is 3.54. The molecule has 36 heavy (non-hydrogen) atoms. The summed E-state index contributed by atoms with van der Waals surface area (Å²) in [6.07, 6.45) is -5.82. The van der Waals surface area contributed by atoms with Crippen LogP contribution in [0.2, 0.25) is 10.0 Å². The van der Waals surface area contributed by atoms with E-state index in [1.165, 1.54) is 13.8 Å². The van der Waals surface area contributed by atoms with Gasteiger partial charge in [-0.05, 0) is 55.2 Å². The molecule has 1 aliphatic rings. The average molecular weight is 546 g/mol. The van der Waals surface area contributed by atoms with Crippen molar-refractivity contribution in [1.29, 1.82) is 0 Å². The number of aliphatic carboxylic acids is 1. The summed E-state index contributed by atoms with van der Waals surface area (Å²) < 4.78 is 42.3. The minimum atomic E-state index is -5.05. The monoisotopic (exact) mass is 545 g/mol. The van der Waals surface area contributed by atoms with Crippen molar-refractivity contribution in [2.45, 2.75) is 69.8 Å². The molecule has 1 saturated heterocycles. The van der Waals surface area contributed by atoms with Crippen molar-refractivity contribution in [1.82, 2.24) is 4.90 Å². The van der Waals surface area contributed by atoms with Crippen molar-refractivity contribution in [3.8, 4) is 0 Å². The number of likely N-dealkylation sites (tertiary alicyclic amines) is 1. The second-order valence-electron chi connectivity index (χ2n) is 9.77. The van der Waals surface area contributed by atoms with Crippen LogP contribution in [0.4, 0.5) is 13.2 Å². The Morgan fingerprint density at radius 3 is 2.25 bits per heavy atom. The Morgan fingerprint density at radius 1 is 1.14 bits per heavy atom. The summed E-state index contributed by atoms with van der Waals surface area (Å²) in [6, 6.07) is 10.5. The Labute approximate surface area is 217 Å². The number of rotatable bonds is 7. The maximum absolute atomic E-state index is 14.1. The molecule has 1 amide bonds. The van der Waals surface area contributed by atoms with Gasteiger partial charge in [-0.1, -0.05) is 61.3 Å². The number of carbonyl (C=O) groups excluding carboxylic acids is 1. The lowest BCUT2D eigenvalue weighted by atomic mass is 9.66. The zero-order valence-electron chi connectivity index (χ0n) is 20.0. The van der Waals surface area contributed by atoms with E-state index in [1.54, 1.807) is 48.5 Å². The van der Waals surface area contributed by atoms with Crippen LogP contribution in [0.1, 0.15) is 63.1 Å². The number of alkyl halides is 3. The van der Waals surface area contributed by atoms with Crippen molar-refractivity contribution < 1.29 is 33.0 Å². The number of nitrogens with zero attached hydrogens (tertiary/aromatic N) is 1. The summed E-state index contributed by atoms with van der Waals surface area (Å²) in [5.41, 5.74) is -3.65. The van der Waals surface area contributed by atoms with E-state index in [9.17, 15) is 33.0 Å². The fourth-order valence-electron chi connectivity index (χ4n) is 5.28. The van der Waals surface area contributed by atoms with Crippen LogP contribution < -0.4 is 0 Å². The Kier molecular flexibility index (Phi) is 8.04. The van der Waals surface area contributed by atoms with Crippen LogP contribution >= 0.6 is 23.2 Å². The van der Waals surface area contributed by atoms with Crippen molar-refractivity contribution in [3.05, 3.63) is 69.7 Å². The number of piperidine rings is 1. The predicted molar refractivity (Wildman–Crippen MR) is 131 cm³/mol. The molecule has 1 heterocycles. The highest BCUT2D eigenvalue weighted by Gasteiger charge is 2.61. The van der Waals surface area contributed by atoms with E-state index >= 15 is 0 Å². The van der Waals surface area contributed by atoms with Crippen LogP contribution in [0.15, 0.2) is 48.5 Å². The molecule has 10 heteroatoms. The lowest BCUT2D eigenvalue weighted by molar-refractivity contribution is -0.277. The smallest absolute Gasteiger partial charge is 0.418 e. The number of carboxylic acid groups (broad SMARTS) is 1. The highest BCUT2D eigenvalue weighted by atomic mass is 35.5. The van der Waals surface area contributed by atoms with Gasteiger partial charge in [0.15, 0.2) is 5.60 Å². The minimum Gasteiger partial charge on any atom is -0.481 e. The summed E-state index contributed by atoms with van der Waals surface area (Å²) >= 11 is 12.3. The Bertz CT molecular complexity index is 1120. The summed E-state index contributed by atoms with van der Waals surface area (Å²) in [5.74, 6) is -2.64. The normalized spacial score (nSPS) is 25.4. The average Bonchev–Trinajstić information content (AvgIpc) is 2.76. The van der Waals surface area contributed by atoms with Gasteiger partial charge in [0.2, 0.25) is 5.91 Å². The molecule has 2 aromatic rings. The van der Waals surface area contributed by atoms with Gasteiger partial charge in [-0.15, -0.1) is 0 Å². The van der Waals surface area contributed by atoms with Crippen LogP contribution in [0.25, 0.3) is 0 Å². The van der Waals surface area contributed by atoms with E-state index in [1.807, 2.05) is 0 Å². The second kappa shape index (κ2) is 10.2. The molecule has 1 aliphatic heterocycles. The molecule has 0 aromatic heterocycles. The number of hydrogen-bond acceptors (Lipinski definition) is 3. The van der Waals surface area contributed by atoms with Crippen molar-refractivity contribution in [3.63, 3.8) is 0 Å². The van der Waals surface area contributed by atoms with E-state index in [4.69, 9.17) is 23.2 Å². The Morgan fingerprint density at radius 2 is 1.75 bits per heavy atom. The van der Waals surface area contributed by atoms with Crippen molar-refractivity contribution in [2.24, 2.45) is 5.41 Å². The Balaban J connectivity index is 2.33. The van der Waals surface area contributed by atoms with Gasteiger partial charge >= 0.3 is 12.1 Å². The third-order valence-electron chi connectivity index (χ3n) is 7.08. The van der Waals surface area contributed by atoms with E-state index in [0.717, 1.165) is 4.90 Å². The lowest BCUT2D eigenvalue weighted by Crippen LogP contribution is -2.65. The van der Waals surface area contributed by atoms with Crippen LogP contribution in [-0.4, -0.2) is 44.8 Å². The minimum absolute atomic E-state index is 0.0485. The van der Waals surface area contributed by atoms with Crippen LogP contribution in [-0.2, 0) is 9.59 Å². The number of amides is 1. The first-order valence-corrected chi connectivity index (χ1v) is 12.2. The van der Waals surface area contributed by atoms with Gasteiger partial charge in [-0.2, -0.15) is 13.2 Å². The van der Waals surface area contributed by atoms with E-state index in [-0.39, 0.29) is 12.8 Å². The van der Waals surface area contributed by atoms with Gasteiger partial charge in [-0.3, -0.25) is 9.59 Å². The first kappa shape index (κ1) is 28.3. The zero-order chi connectivity index (χ0) is 27.1. The van der Waals surface area contributed by atoms with Crippen LogP contribution in [0, 0.1) is 5.41 Å². The number of carboxylic acids is 1. The number of aliphatic hydroxyl groups is 1. The molecule has 5 nitrogen and oxygen atoms in total. The van der Waals surface area contributed by atoms with Gasteiger partial charge in [-0.25, -0.2) is 0 Å². The molecule has 2 N–H and O–H groups in total. The van der Waals surface area contributed by atoms with Gasteiger partial charge in [0.25, 0.3) is 0 Å². The number of hydrogen-bond donors (Lipinski definition) is 2. The maximum atomic E-state index is 14.1. The third-order valence-corrected chi connectivity index (χ3v) is 7.56. The van der Waals surface area contributed by atoms with Gasteiger partial charge in [0, 0.05) is 16.0 Å². The number of halogens is 5. The summed E-state index contributed by atoms with van der Waals surface area (Å²) in [5, 5.41) is 21.2. The van der Waals surface area contributed by atoms with E-state index in [2.05, 4.69) is 0 Å². The van der Waals surface area contributed by atoms with Crippen molar-refractivity contribution in [2.75, 3.05) is 0 Å². The molecule has 3 rings (SSSR count). The molecule has 2 unspecified atom stereocenters. The van der Waals surface area contributed by atoms with E-state index in [0.29, 0.717) is 28.1 Å². The fourth-order valence-corrected chi connectivity index (χ4v) is 5.60. The van der Waals surface area contributed by atoms with Gasteiger partial charge < -0.3 is 15.1 Å². The number of benzene rings is 2. The first-order valence-electron chi connectivity index (χ1n) is 11.5. The fraction of sp³-hybridized carbons (Fsp3) is 0.462. The SMILES string of the molecule is CC[C@H](N1C(=O)[C@@](C)(CC(=O)O)CC(c2cccc(Cl)c2)[C@H]1c1ccc(Cl)cc1)C(C)(O)C(F)(F)F. The van der Waals surface area contributed by atoms with Crippen molar-refractivity contribution >= 4 is 35.1 Å². The molecule has 0 radical (unpaired) electrons. The largest absolute Gasteiger partial charge is 0.481 e. The standard InChI is InChI=1S/C26H28Cl2F3NO4/c1-4-20(25(3,36)26(29,30)31)32-22(15-8-10-17(27)11-9-15)19(16-6-5-7-18(28)12-16)13-24(2,23(32)35)14-21(33)34/h5-12,19-20,22,36H,4,13-14H2,1-3H3,(H,33,34)/t19?,20-,22+,24+,25?/m0/s1. The van der Waals surface area contributed by atoms with Crippen LogP contribution in [0.5, 0.6) is 0 Å². The quantitative estimate of drug-likeness (QED) is 0.409. The molecule has 0 bridgehead atoms. The lowest BCUT2D eigenvalue weighted by Gasteiger charge is -2.54. The molecular weight excluding hydrogens is 518 g/mol. The molecule has 2 aromatic carbocycles. The maximum Gasteiger partial charge on any atom is 0.418 e. The summed E-state index contributed by atoms with van der Waals surface area (Å²) in [7, 11) is 0. The van der Waals surface area contributed by atoms with Gasteiger partial charge in [0.05, 0.1) is 23.9 Å². The van der Waals surface area contributed by atoms with E-state index < -0.39 is 53.5 Å². The first-order chi connectivity index (χ1) is 16.6. The van der Waals surface area contributed by atoms with Crippen LogP contribution in [0.3, 0.4) is 0 Å². The highest BCUT2D eigenvalue weighted by Crippen LogP contribution is 2.54. The molecule has 0 aliphatic carbocycles. The zero-order valence-corrected chi connectivity index (χ0v) is 21.5. The molecule has 0 spiro atoms. The Hall–Kier alpha value is -2.29. The van der Waals surface area contributed by atoms with Gasteiger partial charge in [0.1, 0.15) is 0 Å². The third kappa shape index (κ3) is 5.36.